The predicted molar refractivity (Wildman–Crippen MR) is 45.8 cm³/mol. The second kappa shape index (κ2) is 3.22. The monoisotopic (exact) mass is 156 g/mol. The molecule has 0 radical (unpaired) electrons. The van der Waals surface area contributed by atoms with Crippen molar-refractivity contribution in [2.24, 2.45) is 5.10 Å². The van der Waals surface area contributed by atoms with Gasteiger partial charge in [0, 0.05) is 12.0 Å². The number of hydrogen-bond donors (Lipinski definition) is 1. The molecule has 0 aromatic heterocycles. The average Bonchev–Trinajstić information content (AvgIpc) is 2.32. The first-order valence-electron chi connectivity index (χ1n) is 3.98. The van der Waals surface area contributed by atoms with Gasteiger partial charge in [0.05, 0.1) is 18.9 Å². The molecule has 0 bridgehead atoms. The van der Waals surface area contributed by atoms with Crippen LogP contribution in [0.4, 0.5) is 0 Å². The second-order valence-corrected chi connectivity index (χ2v) is 3.84. The molecular weight excluding hydrogens is 140 g/mol. The third kappa shape index (κ3) is 3.37. The normalized spacial score (nSPS) is 22.6. The van der Waals surface area contributed by atoms with Crippen LogP contribution in [0.15, 0.2) is 5.10 Å². The molecule has 1 N–H and O–H groups in total. The number of hydrazone groups is 1. The molecule has 3 heteroatoms. The summed E-state index contributed by atoms with van der Waals surface area (Å²) in [6, 6.07) is 0. The highest BCUT2D eigenvalue weighted by Gasteiger charge is 2.11. The van der Waals surface area contributed by atoms with Crippen molar-refractivity contribution in [2.45, 2.75) is 32.7 Å². The summed E-state index contributed by atoms with van der Waals surface area (Å²) in [5, 5.41) is 4.24. The largest absolute Gasteiger partial charge is 0.375 e. The van der Waals surface area contributed by atoms with Gasteiger partial charge in [0.25, 0.3) is 0 Å². The number of ether oxygens (including phenoxy) is 1. The van der Waals surface area contributed by atoms with Gasteiger partial charge in [-0.25, -0.2) is 0 Å². The molecule has 0 atom stereocenters. The lowest BCUT2D eigenvalue weighted by Gasteiger charge is -2.17. The van der Waals surface area contributed by atoms with E-state index in [-0.39, 0.29) is 5.54 Å². The third-order valence-corrected chi connectivity index (χ3v) is 1.35. The van der Waals surface area contributed by atoms with Gasteiger partial charge in [0.15, 0.2) is 0 Å². The molecule has 0 unspecified atom stereocenters. The van der Waals surface area contributed by atoms with Gasteiger partial charge in [-0.05, 0) is 20.8 Å². The molecule has 0 spiro atoms. The van der Waals surface area contributed by atoms with Crippen molar-refractivity contribution in [2.75, 3.05) is 13.2 Å². The molecule has 3 nitrogen and oxygen atoms in total. The Morgan fingerprint density at radius 3 is 2.64 bits per heavy atom. The van der Waals surface area contributed by atoms with Gasteiger partial charge in [-0.3, -0.25) is 0 Å². The SMILES string of the molecule is CC(C)(C)N/N=C1\CCOC1. The highest BCUT2D eigenvalue weighted by atomic mass is 16.5. The summed E-state index contributed by atoms with van der Waals surface area (Å²) in [5.41, 5.74) is 4.26. The molecule has 1 saturated heterocycles. The van der Waals surface area contributed by atoms with Gasteiger partial charge in [0.1, 0.15) is 0 Å². The van der Waals surface area contributed by atoms with Crippen molar-refractivity contribution in [3.05, 3.63) is 0 Å². The van der Waals surface area contributed by atoms with E-state index in [1.165, 1.54) is 0 Å². The number of nitrogens with zero attached hydrogens (tertiary/aromatic N) is 1. The summed E-state index contributed by atoms with van der Waals surface area (Å²) in [7, 11) is 0. The van der Waals surface area contributed by atoms with Crippen LogP contribution in [-0.4, -0.2) is 24.5 Å². The van der Waals surface area contributed by atoms with Crippen molar-refractivity contribution in [1.82, 2.24) is 5.43 Å². The zero-order valence-electron chi connectivity index (χ0n) is 7.48. The van der Waals surface area contributed by atoms with Crippen molar-refractivity contribution >= 4 is 5.71 Å². The molecule has 1 aliphatic rings. The van der Waals surface area contributed by atoms with E-state index >= 15 is 0 Å². The molecule has 1 rings (SSSR count). The smallest absolute Gasteiger partial charge is 0.0867 e. The van der Waals surface area contributed by atoms with E-state index in [0.29, 0.717) is 6.61 Å². The van der Waals surface area contributed by atoms with Gasteiger partial charge in [-0.1, -0.05) is 0 Å². The Balaban J connectivity index is 2.34. The van der Waals surface area contributed by atoms with Crippen molar-refractivity contribution < 1.29 is 4.74 Å². The summed E-state index contributed by atoms with van der Waals surface area (Å²) in [5.74, 6) is 0. The van der Waals surface area contributed by atoms with Crippen LogP contribution in [0.25, 0.3) is 0 Å². The van der Waals surface area contributed by atoms with Crippen molar-refractivity contribution in [3.63, 3.8) is 0 Å². The van der Waals surface area contributed by atoms with E-state index in [2.05, 4.69) is 31.3 Å². The summed E-state index contributed by atoms with van der Waals surface area (Å²) >= 11 is 0. The van der Waals surface area contributed by atoms with Gasteiger partial charge in [-0.15, -0.1) is 0 Å². The van der Waals surface area contributed by atoms with E-state index in [9.17, 15) is 0 Å². The number of hydrogen-bond acceptors (Lipinski definition) is 3. The van der Waals surface area contributed by atoms with Crippen LogP contribution in [0, 0.1) is 0 Å². The first-order valence-corrected chi connectivity index (χ1v) is 3.98. The van der Waals surface area contributed by atoms with E-state index in [1.54, 1.807) is 0 Å². The molecule has 0 saturated carbocycles. The Hall–Kier alpha value is -0.570. The molecular formula is C8H16N2O. The molecule has 11 heavy (non-hydrogen) atoms. The van der Waals surface area contributed by atoms with E-state index in [0.717, 1.165) is 18.7 Å². The van der Waals surface area contributed by atoms with Crippen LogP contribution in [-0.2, 0) is 4.74 Å². The molecule has 1 heterocycles. The van der Waals surface area contributed by atoms with Crippen LogP contribution < -0.4 is 5.43 Å². The maximum absolute atomic E-state index is 5.15. The quantitative estimate of drug-likeness (QED) is 0.578. The first kappa shape index (κ1) is 8.53. The lowest BCUT2D eigenvalue weighted by molar-refractivity contribution is 0.209. The summed E-state index contributed by atoms with van der Waals surface area (Å²) in [6.07, 6.45) is 0.975. The highest BCUT2D eigenvalue weighted by molar-refractivity contribution is 5.86. The minimum atomic E-state index is 0.0651. The Labute approximate surface area is 67.8 Å². The lowest BCUT2D eigenvalue weighted by atomic mass is 10.1. The maximum Gasteiger partial charge on any atom is 0.0867 e. The Morgan fingerprint density at radius 2 is 2.18 bits per heavy atom. The maximum atomic E-state index is 5.15. The Morgan fingerprint density at radius 1 is 1.45 bits per heavy atom. The predicted octanol–water partition coefficient (Wildman–Crippen LogP) is 1.15. The summed E-state index contributed by atoms with van der Waals surface area (Å²) in [4.78, 5) is 0. The topological polar surface area (TPSA) is 33.6 Å². The van der Waals surface area contributed by atoms with Gasteiger partial charge in [0.2, 0.25) is 0 Å². The molecule has 64 valence electrons. The van der Waals surface area contributed by atoms with Gasteiger partial charge in [-0.2, -0.15) is 5.10 Å². The molecule has 0 amide bonds. The zero-order valence-corrected chi connectivity index (χ0v) is 7.48. The fourth-order valence-electron chi connectivity index (χ4n) is 0.787. The first-order chi connectivity index (χ1) is 5.08. The molecule has 1 aliphatic heterocycles. The van der Waals surface area contributed by atoms with Crippen LogP contribution in [0.1, 0.15) is 27.2 Å². The zero-order chi connectivity index (χ0) is 8.32. The molecule has 0 aliphatic carbocycles. The van der Waals surface area contributed by atoms with Crippen LogP contribution >= 0.6 is 0 Å². The molecule has 1 fully saturated rings. The molecule has 0 aromatic carbocycles. The van der Waals surface area contributed by atoms with E-state index in [4.69, 9.17) is 4.74 Å². The number of rotatable bonds is 1. The second-order valence-electron chi connectivity index (χ2n) is 3.84. The van der Waals surface area contributed by atoms with Crippen LogP contribution in [0.5, 0.6) is 0 Å². The Kier molecular flexibility index (Phi) is 2.49. The summed E-state index contributed by atoms with van der Waals surface area (Å²) in [6.45, 7) is 7.79. The van der Waals surface area contributed by atoms with Crippen LogP contribution in [0.2, 0.25) is 0 Å². The third-order valence-electron chi connectivity index (χ3n) is 1.35. The summed E-state index contributed by atoms with van der Waals surface area (Å²) < 4.78 is 5.15. The molecule has 0 aromatic rings. The minimum absolute atomic E-state index is 0.0651. The Bertz CT molecular complexity index is 150. The van der Waals surface area contributed by atoms with Gasteiger partial charge >= 0.3 is 0 Å². The fraction of sp³-hybridized carbons (Fsp3) is 0.875. The lowest BCUT2D eigenvalue weighted by Crippen LogP contribution is -2.32. The van der Waals surface area contributed by atoms with E-state index < -0.39 is 0 Å². The van der Waals surface area contributed by atoms with Crippen LogP contribution in [0.3, 0.4) is 0 Å². The van der Waals surface area contributed by atoms with Gasteiger partial charge < -0.3 is 10.2 Å². The van der Waals surface area contributed by atoms with E-state index in [1.807, 2.05) is 0 Å². The standard InChI is InChI=1S/C8H16N2O/c1-8(2,3)10-9-7-4-5-11-6-7/h10H,4-6H2,1-3H3/b9-7+. The number of nitrogens with one attached hydrogen (secondary N) is 1. The average molecular weight is 156 g/mol. The highest BCUT2D eigenvalue weighted by Crippen LogP contribution is 2.02. The van der Waals surface area contributed by atoms with Crippen molar-refractivity contribution in [3.8, 4) is 0 Å². The van der Waals surface area contributed by atoms with Crippen molar-refractivity contribution in [1.29, 1.82) is 0 Å². The minimum Gasteiger partial charge on any atom is -0.375 e. The fourth-order valence-corrected chi connectivity index (χ4v) is 0.787.